The molecule has 6 nitrogen and oxygen atoms in total. The second kappa shape index (κ2) is 32.5. The van der Waals surface area contributed by atoms with Crippen molar-refractivity contribution in [2.45, 2.75) is 52.9 Å². The maximum Gasteiger partial charge on any atom is 2.00 e. The second-order valence-electron chi connectivity index (χ2n) is 22.4. The van der Waals surface area contributed by atoms with Crippen molar-refractivity contribution in [2.75, 3.05) is 13.3 Å². The van der Waals surface area contributed by atoms with Gasteiger partial charge in [0, 0.05) is 23.5 Å². The van der Waals surface area contributed by atoms with Gasteiger partial charge in [0.15, 0.2) is 0 Å². The summed E-state index contributed by atoms with van der Waals surface area (Å²) >= 11 is 0. The van der Waals surface area contributed by atoms with Crippen molar-refractivity contribution in [3.63, 3.8) is 0 Å². The smallest absolute Gasteiger partial charge is 0.573 e. The van der Waals surface area contributed by atoms with Crippen molar-refractivity contribution in [3.05, 3.63) is 290 Å². The Kier molecular flexibility index (Phi) is 24.5. The molecule has 91 heavy (non-hydrogen) atoms. The Morgan fingerprint density at radius 2 is 0.604 bits per heavy atom. The van der Waals surface area contributed by atoms with Crippen LogP contribution in [0.3, 0.4) is 0 Å². The van der Waals surface area contributed by atoms with Gasteiger partial charge in [0.1, 0.15) is 11.4 Å². The van der Waals surface area contributed by atoms with Crippen molar-refractivity contribution in [1.82, 2.24) is 30.4 Å². The Labute approximate surface area is 545 Å². The van der Waals surface area contributed by atoms with E-state index in [1.165, 1.54) is 21.2 Å². The number of nitrogens with zero attached hydrogens (tertiary/aromatic N) is 6. The summed E-state index contributed by atoms with van der Waals surface area (Å²) in [6, 6.07) is 83.2. The number of halogens is 6. The summed E-state index contributed by atoms with van der Waals surface area (Å²) in [5.41, 5.74) is 5.82. The summed E-state index contributed by atoms with van der Waals surface area (Å²) in [5.74, 6) is 0.727. The van der Waals surface area contributed by atoms with Gasteiger partial charge in [0.25, 0.3) is 0 Å². The summed E-state index contributed by atoms with van der Waals surface area (Å²) in [6.07, 6.45) is -4.25. The Morgan fingerprint density at radius 1 is 0.363 bits per heavy atom. The van der Waals surface area contributed by atoms with Crippen LogP contribution in [0.25, 0.3) is 67.3 Å². The van der Waals surface area contributed by atoms with E-state index in [2.05, 4.69) is 193 Å². The topological polar surface area (TPSA) is 79.8 Å². The maximum absolute atomic E-state index is 13.7. The molecular weight excluding hydrogens is 1360 g/mol. The molecule has 0 spiro atoms. The van der Waals surface area contributed by atoms with Crippen molar-refractivity contribution in [1.29, 1.82) is 0 Å². The van der Waals surface area contributed by atoms with E-state index in [4.69, 9.17) is 0 Å². The number of rotatable bonds is 14. The monoisotopic (exact) mass is 1430 g/mol. The van der Waals surface area contributed by atoms with Crippen LogP contribution in [0, 0.1) is 11.8 Å². The van der Waals surface area contributed by atoms with Crippen LogP contribution in [0.15, 0.2) is 267 Å². The molecule has 0 fully saturated rings. The molecule has 462 valence electrons. The minimum absolute atomic E-state index is 0. The fourth-order valence-electron chi connectivity index (χ4n) is 10.4. The zero-order chi connectivity index (χ0) is 63.6. The molecule has 0 aliphatic carbocycles. The van der Waals surface area contributed by atoms with Gasteiger partial charge in [-0.25, -0.2) is 0 Å². The second-order valence-corrected chi connectivity index (χ2v) is 27.2. The number of hydrogen-bond acceptors (Lipinski definition) is 4. The largest absolute Gasteiger partial charge is 2.00 e. The average molecular weight is 1430 g/mol. The average Bonchev–Trinajstić information content (AvgIpc) is 1.74. The molecule has 4 heterocycles. The van der Waals surface area contributed by atoms with Crippen molar-refractivity contribution in [2.24, 2.45) is 11.8 Å². The molecule has 0 amide bonds. The normalized spacial score (nSPS) is 11.3. The minimum Gasteiger partial charge on any atom is -0.573 e. The van der Waals surface area contributed by atoms with Gasteiger partial charge in [-0.15, -0.1) is 0 Å². The van der Waals surface area contributed by atoms with Crippen LogP contribution in [0.4, 0.5) is 26.3 Å². The van der Waals surface area contributed by atoms with Gasteiger partial charge in [-0.05, 0) is 130 Å². The third-order valence-electron chi connectivity index (χ3n) is 14.8. The number of alkyl halides is 6. The first-order valence-corrected chi connectivity index (χ1v) is 33.7. The van der Waals surface area contributed by atoms with E-state index in [1.54, 1.807) is 73.1 Å². The minimum atomic E-state index is -4.61. The van der Waals surface area contributed by atoms with Crippen LogP contribution in [-0.2, 0) is 45.0 Å². The predicted molar refractivity (Wildman–Crippen MR) is 363 cm³/mol. The predicted octanol–water partition coefficient (Wildman–Crippen LogP) is 18.3. The van der Waals surface area contributed by atoms with Gasteiger partial charge in [-0.2, -0.15) is 26.3 Å². The molecule has 8 aromatic carbocycles. The molecule has 0 radical (unpaired) electrons. The zero-order valence-electron chi connectivity index (χ0n) is 51.3. The SMILES string of the molecule is CC(C)Cc1cc(-c2[n-]nc(C(F)(F)F)c2-c2ccccc2)ncc1-c1ccccc1.CC(C)Cc1cc(-c2[n-]nc(C(F)(F)F)c2-c2ccccc2)ncc1-c1ccccc1.C[PH+](c1ccccc1)c1ccccc1.C[PH+](c1ccccc1)c1ccccc1.[Os+2]. The molecule has 0 saturated carbocycles. The van der Waals surface area contributed by atoms with E-state index in [9.17, 15) is 26.3 Å². The van der Waals surface area contributed by atoms with Crippen LogP contribution < -0.4 is 31.4 Å². The molecule has 0 aliphatic heterocycles. The molecule has 0 aliphatic rings. The molecule has 0 bridgehead atoms. The first kappa shape index (κ1) is 68.5. The fraction of sp³-hybridized carbons (Fsp3) is 0.158. The summed E-state index contributed by atoms with van der Waals surface area (Å²) in [4.78, 5) is 9.01. The Morgan fingerprint density at radius 3 is 0.846 bits per heavy atom. The third-order valence-corrected chi connectivity index (χ3v) is 19.6. The Hall–Kier alpha value is -8.44. The summed E-state index contributed by atoms with van der Waals surface area (Å²) < 4.78 is 82.1. The molecule has 0 unspecified atom stereocenters. The van der Waals surface area contributed by atoms with Gasteiger partial charge in [-0.1, -0.05) is 233 Å². The van der Waals surface area contributed by atoms with Crippen LogP contribution >= 0.6 is 15.8 Å². The molecule has 12 rings (SSSR count). The molecule has 0 N–H and O–H groups in total. The molecule has 0 atom stereocenters. The van der Waals surface area contributed by atoms with Crippen LogP contribution in [0.5, 0.6) is 0 Å². The van der Waals surface area contributed by atoms with Gasteiger partial charge in [0.2, 0.25) is 0 Å². The molecule has 15 heteroatoms. The van der Waals surface area contributed by atoms with Crippen molar-refractivity contribution < 1.29 is 46.1 Å². The van der Waals surface area contributed by atoms with E-state index < -0.39 is 39.6 Å². The van der Waals surface area contributed by atoms with Crippen LogP contribution in [0.1, 0.15) is 50.2 Å². The number of pyridine rings is 2. The molecule has 4 aromatic heterocycles. The number of benzene rings is 8. The van der Waals surface area contributed by atoms with Crippen molar-refractivity contribution >= 4 is 37.1 Å². The maximum atomic E-state index is 13.7. The standard InChI is InChI=1S/2C25H21F3N3.2C13H13P.Os/c2*1-16(2)13-19-14-21(29-15-20(19)17-9-5-3-6-10-17)23-22(18-11-7-4-8-12-18)24(31-30-23)25(26,27)28;2*1-14(12-8-4-2-5-9-12)13-10-6-3-7-11-13;/h2*3-12,14-16H,13H2,1-2H3;2*2-11H,1H3;/q2*-1;;;+2/p+2. The number of hydrogen-bond donors (Lipinski definition) is 0. The third kappa shape index (κ3) is 18.4. The number of aromatic nitrogens is 6. The summed E-state index contributed by atoms with van der Waals surface area (Å²) in [5, 5.41) is 20.7. The van der Waals surface area contributed by atoms with Crippen LogP contribution in [0.2, 0.25) is 0 Å². The summed E-state index contributed by atoms with van der Waals surface area (Å²) in [7, 11) is -1.09. The van der Waals surface area contributed by atoms with E-state index in [-0.39, 0.29) is 42.3 Å². The Bertz CT molecular complexity index is 3770. The van der Waals surface area contributed by atoms with E-state index in [0.29, 0.717) is 34.4 Å². The van der Waals surface area contributed by atoms with Crippen LogP contribution in [-0.4, -0.2) is 33.5 Å². The fourth-order valence-corrected chi connectivity index (χ4v) is 13.9. The van der Waals surface area contributed by atoms with Gasteiger partial charge < -0.3 is 20.4 Å². The summed E-state index contributed by atoms with van der Waals surface area (Å²) in [6.45, 7) is 13.1. The Balaban J connectivity index is 0.000000166. The van der Waals surface area contributed by atoms with E-state index >= 15 is 0 Å². The van der Waals surface area contributed by atoms with Crippen molar-refractivity contribution in [3.8, 4) is 67.3 Å². The van der Waals surface area contributed by atoms with E-state index in [1.807, 2.05) is 72.8 Å². The first-order valence-electron chi connectivity index (χ1n) is 29.7. The molecular formula is C76H70F6N6OsP2+2. The van der Waals surface area contributed by atoms with Gasteiger partial charge >= 0.3 is 32.1 Å². The van der Waals surface area contributed by atoms with E-state index in [0.717, 1.165) is 46.2 Å². The van der Waals surface area contributed by atoms with Gasteiger partial charge in [-0.3, -0.25) is 9.97 Å². The van der Waals surface area contributed by atoms with Gasteiger partial charge in [0.05, 0.1) is 61.8 Å². The first-order chi connectivity index (χ1) is 43.4. The zero-order valence-corrected chi connectivity index (χ0v) is 55.8. The quantitative estimate of drug-likeness (QED) is 0.0797. The molecule has 12 aromatic rings. The molecule has 0 saturated heterocycles.